The molecular weight excluding hydrogens is 300 g/mol. The third kappa shape index (κ3) is 7.61. The van der Waals surface area contributed by atoms with Gasteiger partial charge in [0, 0.05) is 5.33 Å². The Balaban J connectivity index is 2.27. The Kier molecular flexibility index (Phi) is 9.88. The standard InChI is InChI=1S/C17H27BrO/c1-2-3-15-19-17-13-9-8-12-16(17)11-7-5-4-6-10-14-18/h8-9,12-13H,2-7,10-11,14-15H2,1H3. The second-order valence-electron chi connectivity index (χ2n) is 5.02. The number of halogens is 1. The van der Waals surface area contributed by atoms with E-state index in [1.807, 2.05) is 0 Å². The Hall–Kier alpha value is -0.500. The van der Waals surface area contributed by atoms with Gasteiger partial charge in [0.15, 0.2) is 0 Å². The fourth-order valence-electron chi connectivity index (χ4n) is 2.12. The lowest BCUT2D eigenvalue weighted by molar-refractivity contribution is 0.306. The van der Waals surface area contributed by atoms with E-state index in [0.29, 0.717) is 0 Å². The molecule has 1 nitrogen and oxygen atoms in total. The largest absolute Gasteiger partial charge is 0.493 e. The Morgan fingerprint density at radius 2 is 1.68 bits per heavy atom. The molecular formula is C17H27BrO. The topological polar surface area (TPSA) is 9.23 Å². The first-order valence-electron chi connectivity index (χ1n) is 7.65. The van der Waals surface area contributed by atoms with Gasteiger partial charge in [-0.15, -0.1) is 0 Å². The highest BCUT2D eigenvalue weighted by Gasteiger charge is 2.02. The summed E-state index contributed by atoms with van der Waals surface area (Å²) >= 11 is 3.48. The van der Waals surface area contributed by atoms with Crippen LogP contribution in [0.2, 0.25) is 0 Å². The molecule has 1 aromatic rings. The molecule has 0 N–H and O–H groups in total. The summed E-state index contributed by atoms with van der Waals surface area (Å²) in [6.45, 7) is 3.04. The van der Waals surface area contributed by atoms with Gasteiger partial charge in [0.05, 0.1) is 6.61 Å². The second-order valence-corrected chi connectivity index (χ2v) is 5.81. The van der Waals surface area contributed by atoms with Crippen LogP contribution in [0.25, 0.3) is 0 Å². The third-order valence-corrected chi connectivity index (χ3v) is 3.87. The number of ether oxygens (including phenoxy) is 1. The summed E-state index contributed by atoms with van der Waals surface area (Å²) in [4.78, 5) is 0. The highest BCUT2D eigenvalue weighted by Crippen LogP contribution is 2.21. The van der Waals surface area contributed by atoms with E-state index in [2.05, 4.69) is 47.1 Å². The monoisotopic (exact) mass is 326 g/mol. The van der Waals surface area contributed by atoms with Gasteiger partial charge in [-0.2, -0.15) is 0 Å². The summed E-state index contributed by atoms with van der Waals surface area (Å²) in [7, 11) is 0. The Bertz CT molecular complexity index is 325. The molecule has 0 amide bonds. The molecule has 0 aromatic heterocycles. The number of hydrogen-bond donors (Lipinski definition) is 0. The lowest BCUT2D eigenvalue weighted by Crippen LogP contribution is -2.00. The van der Waals surface area contributed by atoms with Gasteiger partial charge < -0.3 is 4.74 Å². The molecule has 0 bridgehead atoms. The maximum Gasteiger partial charge on any atom is 0.122 e. The van der Waals surface area contributed by atoms with Crippen LogP contribution in [0.3, 0.4) is 0 Å². The van der Waals surface area contributed by atoms with E-state index >= 15 is 0 Å². The summed E-state index contributed by atoms with van der Waals surface area (Å²) in [5.41, 5.74) is 1.37. The van der Waals surface area contributed by atoms with E-state index in [4.69, 9.17) is 4.74 Å². The van der Waals surface area contributed by atoms with Crippen LogP contribution in [0, 0.1) is 0 Å². The second kappa shape index (κ2) is 11.3. The Morgan fingerprint density at radius 1 is 0.947 bits per heavy atom. The zero-order chi connectivity index (χ0) is 13.8. The van der Waals surface area contributed by atoms with E-state index in [0.717, 1.165) is 30.5 Å². The highest BCUT2D eigenvalue weighted by molar-refractivity contribution is 9.09. The van der Waals surface area contributed by atoms with Crippen molar-refractivity contribution in [3.63, 3.8) is 0 Å². The lowest BCUT2D eigenvalue weighted by atomic mass is 10.0. The molecule has 1 aromatic carbocycles. The number of benzene rings is 1. The van der Waals surface area contributed by atoms with Crippen molar-refractivity contribution < 1.29 is 4.74 Å². The number of rotatable bonds is 11. The predicted molar refractivity (Wildman–Crippen MR) is 87.4 cm³/mol. The molecule has 0 spiro atoms. The van der Waals surface area contributed by atoms with E-state index in [9.17, 15) is 0 Å². The molecule has 0 aliphatic rings. The van der Waals surface area contributed by atoms with Crippen LogP contribution >= 0.6 is 15.9 Å². The van der Waals surface area contributed by atoms with Gasteiger partial charge in [0.25, 0.3) is 0 Å². The maximum atomic E-state index is 5.87. The molecule has 1 rings (SSSR count). The fraction of sp³-hybridized carbons (Fsp3) is 0.647. The van der Waals surface area contributed by atoms with Gasteiger partial charge in [-0.1, -0.05) is 66.7 Å². The molecule has 0 heterocycles. The Morgan fingerprint density at radius 3 is 2.47 bits per heavy atom. The van der Waals surface area contributed by atoms with Crippen LogP contribution < -0.4 is 4.74 Å². The molecule has 0 aliphatic heterocycles. The van der Waals surface area contributed by atoms with E-state index in [1.165, 1.54) is 44.1 Å². The SMILES string of the molecule is CCCCOc1ccccc1CCCCCCCBr. The number of unbranched alkanes of at least 4 members (excludes halogenated alkanes) is 5. The average molecular weight is 327 g/mol. The van der Waals surface area contributed by atoms with Gasteiger partial charge >= 0.3 is 0 Å². The minimum atomic E-state index is 0.846. The van der Waals surface area contributed by atoms with Crippen LogP contribution in [0.4, 0.5) is 0 Å². The van der Waals surface area contributed by atoms with Gasteiger partial charge in [-0.25, -0.2) is 0 Å². The smallest absolute Gasteiger partial charge is 0.122 e. The van der Waals surface area contributed by atoms with E-state index < -0.39 is 0 Å². The molecule has 0 fully saturated rings. The van der Waals surface area contributed by atoms with E-state index in [1.54, 1.807) is 0 Å². The minimum Gasteiger partial charge on any atom is -0.493 e. The van der Waals surface area contributed by atoms with Crippen molar-refractivity contribution in [3.05, 3.63) is 29.8 Å². The number of para-hydroxylation sites is 1. The van der Waals surface area contributed by atoms with Crippen molar-refractivity contribution in [3.8, 4) is 5.75 Å². The van der Waals surface area contributed by atoms with Crippen LogP contribution in [0.5, 0.6) is 5.75 Å². The highest BCUT2D eigenvalue weighted by atomic mass is 79.9. The van der Waals surface area contributed by atoms with Crippen LogP contribution in [-0.4, -0.2) is 11.9 Å². The first-order valence-corrected chi connectivity index (χ1v) is 8.77. The van der Waals surface area contributed by atoms with Gasteiger partial charge in [0.1, 0.15) is 5.75 Å². The van der Waals surface area contributed by atoms with Crippen molar-refractivity contribution in [2.75, 3.05) is 11.9 Å². The lowest BCUT2D eigenvalue weighted by Gasteiger charge is -2.11. The van der Waals surface area contributed by atoms with E-state index in [-0.39, 0.29) is 0 Å². The van der Waals surface area contributed by atoms with Gasteiger partial charge in [-0.05, 0) is 37.3 Å². The molecule has 2 heteroatoms. The predicted octanol–water partition coefficient (Wildman–Crippen LogP) is 5.75. The number of aryl methyl sites for hydroxylation is 1. The molecule has 0 atom stereocenters. The minimum absolute atomic E-state index is 0.846. The molecule has 0 saturated carbocycles. The molecule has 108 valence electrons. The summed E-state index contributed by atoms with van der Waals surface area (Å²) in [6.07, 6.45) is 10.1. The quantitative estimate of drug-likeness (QED) is 0.371. The van der Waals surface area contributed by atoms with Crippen molar-refractivity contribution in [1.29, 1.82) is 0 Å². The first-order chi connectivity index (χ1) is 9.38. The molecule has 0 saturated heterocycles. The van der Waals surface area contributed by atoms with Crippen molar-refractivity contribution >= 4 is 15.9 Å². The summed E-state index contributed by atoms with van der Waals surface area (Å²) in [6, 6.07) is 8.50. The normalized spacial score (nSPS) is 10.6. The number of alkyl halides is 1. The summed E-state index contributed by atoms with van der Waals surface area (Å²) < 4.78 is 5.87. The molecule has 0 aliphatic carbocycles. The van der Waals surface area contributed by atoms with Gasteiger partial charge in [-0.3, -0.25) is 0 Å². The van der Waals surface area contributed by atoms with Crippen molar-refractivity contribution in [2.24, 2.45) is 0 Å². The molecule has 0 radical (unpaired) electrons. The number of hydrogen-bond acceptors (Lipinski definition) is 1. The van der Waals surface area contributed by atoms with Crippen LogP contribution in [0.15, 0.2) is 24.3 Å². The maximum absolute atomic E-state index is 5.87. The summed E-state index contributed by atoms with van der Waals surface area (Å²) in [5.74, 6) is 1.09. The third-order valence-electron chi connectivity index (χ3n) is 3.31. The molecule has 0 unspecified atom stereocenters. The summed E-state index contributed by atoms with van der Waals surface area (Å²) in [5, 5.41) is 1.14. The fourth-order valence-corrected chi connectivity index (χ4v) is 2.51. The van der Waals surface area contributed by atoms with Gasteiger partial charge in [0.2, 0.25) is 0 Å². The molecule has 19 heavy (non-hydrogen) atoms. The van der Waals surface area contributed by atoms with Crippen molar-refractivity contribution in [2.45, 2.75) is 58.3 Å². The zero-order valence-corrected chi connectivity index (χ0v) is 13.8. The Labute approximate surface area is 126 Å². The average Bonchev–Trinajstić information content (AvgIpc) is 2.44. The van der Waals surface area contributed by atoms with Crippen LogP contribution in [0.1, 0.15) is 57.4 Å². The van der Waals surface area contributed by atoms with Crippen LogP contribution in [-0.2, 0) is 6.42 Å². The van der Waals surface area contributed by atoms with Crippen molar-refractivity contribution in [1.82, 2.24) is 0 Å². The first kappa shape index (κ1) is 16.6. The zero-order valence-electron chi connectivity index (χ0n) is 12.2.